The SMILES string of the molecule is CCC1CCCCC1n1nnnc1-c1cc(C)ccc1N. The average molecular weight is 285 g/mol. The zero-order chi connectivity index (χ0) is 14.8. The summed E-state index contributed by atoms with van der Waals surface area (Å²) in [4.78, 5) is 0. The minimum absolute atomic E-state index is 0.397. The quantitative estimate of drug-likeness (QED) is 0.878. The van der Waals surface area contributed by atoms with E-state index >= 15 is 0 Å². The van der Waals surface area contributed by atoms with Crippen LogP contribution in [0.4, 0.5) is 5.69 Å². The molecule has 0 radical (unpaired) electrons. The number of rotatable bonds is 3. The summed E-state index contributed by atoms with van der Waals surface area (Å²) in [5.41, 5.74) is 8.99. The molecule has 1 aromatic heterocycles. The van der Waals surface area contributed by atoms with E-state index in [1.807, 2.05) is 16.8 Å². The molecule has 0 spiro atoms. The fraction of sp³-hybridized carbons (Fsp3) is 0.562. The van der Waals surface area contributed by atoms with Crippen LogP contribution >= 0.6 is 0 Å². The van der Waals surface area contributed by atoms with Crippen molar-refractivity contribution in [3.63, 3.8) is 0 Å². The van der Waals surface area contributed by atoms with Gasteiger partial charge in [-0.05, 0) is 48.2 Å². The third-order valence-corrected chi connectivity index (χ3v) is 4.65. The first-order valence-electron chi connectivity index (χ1n) is 7.85. The van der Waals surface area contributed by atoms with Crippen molar-refractivity contribution in [3.05, 3.63) is 23.8 Å². The Balaban J connectivity index is 2.02. The number of nitrogens with two attached hydrogens (primary N) is 1. The van der Waals surface area contributed by atoms with Gasteiger partial charge >= 0.3 is 0 Å². The number of hydrogen-bond acceptors (Lipinski definition) is 4. The number of benzene rings is 1. The van der Waals surface area contributed by atoms with Crippen LogP contribution < -0.4 is 5.73 Å². The monoisotopic (exact) mass is 285 g/mol. The number of anilines is 1. The lowest BCUT2D eigenvalue weighted by atomic mass is 9.83. The lowest BCUT2D eigenvalue weighted by Gasteiger charge is -2.31. The molecule has 1 aliphatic rings. The summed E-state index contributed by atoms with van der Waals surface area (Å²) in [5, 5.41) is 12.5. The standard InChI is InChI=1S/C16H23N5/c1-3-12-6-4-5-7-15(12)21-16(18-19-20-21)13-10-11(2)8-9-14(13)17/h8-10,12,15H,3-7,17H2,1-2H3. The molecule has 2 aromatic rings. The zero-order valence-electron chi connectivity index (χ0n) is 12.8. The first-order chi connectivity index (χ1) is 10.2. The molecular weight excluding hydrogens is 262 g/mol. The maximum Gasteiger partial charge on any atom is 0.184 e. The molecule has 3 rings (SSSR count). The highest BCUT2D eigenvalue weighted by molar-refractivity contribution is 5.72. The van der Waals surface area contributed by atoms with Crippen LogP contribution in [0.25, 0.3) is 11.4 Å². The molecule has 0 amide bonds. The number of aromatic nitrogens is 4. The van der Waals surface area contributed by atoms with Crippen LogP contribution in [0.15, 0.2) is 18.2 Å². The van der Waals surface area contributed by atoms with Gasteiger partial charge in [0.15, 0.2) is 5.82 Å². The van der Waals surface area contributed by atoms with E-state index in [2.05, 4.69) is 35.4 Å². The smallest absolute Gasteiger partial charge is 0.184 e. The Morgan fingerprint density at radius 3 is 2.90 bits per heavy atom. The maximum atomic E-state index is 6.14. The molecule has 1 fully saturated rings. The van der Waals surface area contributed by atoms with Gasteiger partial charge in [0.2, 0.25) is 0 Å². The first-order valence-corrected chi connectivity index (χ1v) is 7.85. The van der Waals surface area contributed by atoms with Crippen LogP contribution in [0.1, 0.15) is 50.6 Å². The molecule has 2 atom stereocenters. The Morgan fingerprint density at radius 2 is 2.10 bits per heavy atom. The van der Waals surface area contributed by atoms with Gasteiger partial charge < -0.3 is 5.73 Å². The van der Waals surface area contributed by atoms with Crippen LogP contribution in [-0.2, 0) is 0 Å². The second-order valence-corrected chi connectivity index (χ2v) is 6.06. The largest absolute Gasteiger partial charge is 0.398 e. The summed E-state index contributed by atoms with van der Waals surface area (Å²) in [7, 11) is 0. The highest BCUT2D eigenvalue weighted by atomic mass is 15.6. The number of aryl methyl sites for hydroxylation is 1. The Morgan fingerprint density at radius 1 is 1.29 bits per heavy atom. The van der Waals surface area contributed by atoms with Crippen molar-refractivity contribution in [2.75, 3.05) is 5.73 Å². The van der Waals surface area contributed by atoms with Crippen molar-refractivity contribution in [2.45, 2.75) is 52.0 Å². The summed E-state index contributed by atoms with van der Waals surface area (Å²) < 4.78 is 2.01. The van der Waals surface area contributed by atoms with Crippen molar-refractivity contribution in [1.29, 1.82) is 0 Å². The van der Waals surface area contributed by atoms with Gasteiger partial charge in [0.1, 0.15) is 0 Å². The molecule has 2 N–H and O–H groups in total. The molecule has 1 heterocycles. The van der Waals surface area contributed by atoms with Crippen molar-refractivity contribution in [3.8, 4) is 11.4 Å². The van der Waals surface area contributed by atoms with Crippen LogP contribution in [0.2, 0.25) is 0 Å². The molecule has 21 heavy (non-hydrogen) atoms. The second kappa shape index (κ2) is 5.84. The van der Waals surface area contributed by atoms with E-state index in [9.17, 15) is 0 Å². The average Bonchev–Trinajstić information content (AvgIpc) is 2.98. The Bertz CT molecular complexity index is 619. The highest BCUT2D eigenvalue weighted by Gasteiger charge is 2.29. The maximum absolute atomic E-state index is 6.14. The van der Waals surface area contributed by atoms with Crippen molar-refractivity contribution < 1.29 is 0 Å². The molecule has 0 aliphatic heterocycles. The van der Waals surface area contributed by atoms with Crippen molar-refractivity contribution in [1.82, 2.24) is 20.2 Å². The summed E-state index contributed by atoms with van der Waals surface area (Å²) in [6.45, 7) is 4.32. The third kappa shape index (κ3) is 2.64. The van der Waals surface area contributed by atoms with Crippen LogP contribution in [-0.4, -0.2) is 20.2 Å². The number of nitrogens with zero attached hydrogens (tertiary/aromatic N) is 4. The zero-order valence-corrected chi connectivity index (χ0v) is 12.8. The second-order valence-electron chi connectivity index (χ2n) is 6.06. The van der Waals surface area contributed by atoms with Gasteiger partial charge in [-0.25, -0.2) is 4.68 Å². The molecule has 1 aromatic carbocycles. The number of tetrazole rings is 1. The first kappa shape index (κ1) is 14.0. The molecule has 0 bridgehead atoms. The molecule has 1 saturated carbocycles. The minimum Gasteiger partial charge on any atom is -0.398 e. The predicted molar refractivity (Wildman–Crippen MR) is 83.7 cm³/mol. The summed E-state index contributed by atoms with van der Waals surface area (Å²) in [6.07, 6.45) is 6.17. The van der Waals surface area contributed by atoms with E-state index in [-0.39, 0.29) is 0 Å². The molecule has 5 nitrogen and oxygen atoms in total. The fourth-order valence-corrected chi connectivity index (χ4v) is 3.44. The Kier molecular flexibility index (Phi) is 3.90. The molecular formula is C16H23N5. The lowest BCUT2D eigenvalue weighted by molar-refractivity contribution is 0.216. The Labute approximate surface area is 125 Å². The van der Waals surface area contributed by atoms with Crippen LogP contribution in [0.5, 0.6) is 0 Å². The molecule has 0 saturated heterocycles. The Hall–Kier alpha value is -1.91. The van der Waals surface area contributed by atoms with Gasteiger partial charge in [-0.3, -0.25) is 0 Å². The van der Waals surface area contributed by atoms with E-state index in [0.717, 1.165) is 23.5 Å². The van der Waals surface area contributed by atoms with Crippen LogP contribution in [0, 0.1) is 12.8 Å². The van der Waals surface area contributed by atoms with Gasteiger partial charge in [-0.2, -0.15) is 0 Å². The van der Waals surface area contributed by atoms with E-state index in [4.69, 9.17) is 5.73 Å². The van der Waals surface area contributed by atoms with Gasteiger partial charge in [0.25, 0.3) is 0 Å². The summed E-state index contributed by atoms with van der Waals surface area (Å²) in [6, 6.07) is 6.42. The number of hydrogen-bond donors (Lipinski definition) is 1. The minimum atomic E-state index is 0.397. The molecule has 1 aliphatic carbocycles. The summed E-state index contributed by atoms with van der Waals surface area (Å²) >= 11 is 0. The molecule has 112 valence electrons. The van der Waals surface area contributed by atoms with E-state index in [1.165, 1.54) is 31.2 Å². The lowest BCUT2D eigenvalue weighted by Crippen LogP contribution is -2.24. The molecule has 2 unspecified atom stereocenters. The highest BCUT2D eigenvalue weighted by Crippen LogP contribution is 2.38. The van der Waals surface area contributed by atoms with E-state index in [1.54, 1.807) is 0 Å². The van der Waals surface area contributed by atoms with Gasteiger partial charge in [-0.15, -0.1) is 5.10 Å². The van der Waals surface area contributed by atoms with Gasteiger partial charge in [0.05, 0.1) is 6.04 Å². The van der Waals surface area contributed by atoms with Crippen molar-refractivity contribution in [2.24, 2.45) is 5.92 Å². The van der Waals surface area contributed by atoms with Gasteiger partial charge in [-0.1, -0.05) is 37.8 Å². The topological polar surface area (TPSA) is 69.6 Å². The van der Waals surface area contributed by atoms with Crippen molar-refractivity contribution >= 4 is 5.69 Å². The van der Waals surface area contributed by atoms with Gasteiger partial charge in [0, 0.05) is 11.3 Å². The summed E-state index contributed by atoms with van der Waals surface area (Å²) in [5.74, 6) is 1.47. The third-order valence-electron chi connectivity index (χ3n) is 4.65. The number of nitrogen functional groups attached to an aromatic ring is 1. The predicted octanol–water partition coefficient (Wildman–Crippen LogP) is 3.37. The van der Waals surface area contributed by atoms with E-state index < -0.39 is 0 Å². The van der Waals surface area contributed by atoms with Crippen LogP contribution in [0.3, 0.4) is 0 Å². The molecule has 5 heteroatoms. The van der Waals surface area contributed by atoms with E-state index in [0.29, 0.717) is 12.0 Å². The normalized spacial score (nSPS) is 22.4. The fourth-order valence-electron chi connectivity index (χ4n) is 3.44.